The van der Waals surface area contributed by atoms with Crippen LogP contribution in [0.4, 0.5) is 15.0 Å². The molecular formula is C24H20FN3O5. The maximum atomic E-state index is 14.6. The van der Waals surface area contributed by atoms with Gasteiger partial charge in [-0.05, 0) is 35.4 Å². The van der Waals surface area contributed by atoms with Gasteiger partial charge in [-0.1, -0.05) is 30.3 Å². The van der Waals surface area contributed by atoms with Crippen LogP contribution in [-0.4, -0.2) is 39.1 Å². The monoisotopic (exact) mass is 449 g/mol. The maximum Gasteiger partial charge on any atom is 0.511 e. The predicted octanol–water partition coefficient (Wildman–Crippen LogP) is 3.71. The molecule has 0 radical (unpaired) electrons. The van der Waals surface area contributed by atoms with Gasteiger partial charge >= 0.3 is 6.16 Å². The highest BCUT2D eigenvalue weighted by Crippen LogP contribution is 2.23. The third-order valence-electron chi connectivity index (χ3n) is 5.03. The molecule has 0 saturated heterocycles. The Morgan fingerprint density at radius 3 is 2.52 bits per heavy atom. The summed E-state index contributed by atoms with van der Waals surface area (Å²) in [7, 11) is 0. The number of hydrogen-bond donors (Lipinski definition) is 3. The fourth-order valence-corrected chi connectivity index (χ4v) is 3.53. The minimum atomic E-state index is -1.62. The zero-order valence-electron chi connectivity index (χ0n) is 17.4. The molecule has 0 saturated carbocycles. The van der Waals surface area contributed by atoms with E-state index < -0.39 is 23.2 Å². The topological polar surface area (TPSA) is 114 Å². The number of aliphatic hydroxyl groups excluding tert-OH is 1. The van der Waals surface area contributed by atoms with E-state index in [2.05, 4.69) is 15.0 Å². The number of hydrogen-bond acceptors (Lipinski definition) is 6. The normalized spacial score (nSPS) is 10.8. The van der Waals surface area contributed by atoms with Gasteiger partial charge in [0.15, 0.2) is 5.75 Å². The second kappa shape index (κ2) is 9.49. The molecule has 0 fully saturated rings. The van der Waals surface area contributed by atoms with Gasteiger partial charge in [0.2, 0.25) is 5.43 Å². The molecule has 0 amide bonds. The number of benzene rings is 2. The van der Waals surface area contributed by atoms with Crippen LogP contribution in [0.25, 0.3) is 22.0 Å². The summed E-state index contributed by atoms with van der Waals surface area (Å²) < 4.78 is 20.7. The van der Waals surface area contributed by atoms with E-state index in [0.29, 0.717) is 12.4 Å². The number of nitrogens with zero attached hydrogens (tertiary/aromatic N) is 2. The summed E-state index contributed by atoms with van der Waals surface area (Å²) in [5.74, 6) is -0.321. The van der Waals surface area contributed by atoms with Crippen molar-refractivity contribution in [3.63, 3.8) is 0 Å². The van der Waals surface area contributed by atoms with Crippen molar-refractivity contribution in [3.8, 4) is 16.9 Å². The number of nitrogens with one attached hydrogen (secondary N) is 1. The molecule has 2 heterocycles. The number of anilines is 1. The summed E-state index contributed by atoms with van der Waals surface area (Å²) in [6, 6.07) is 15.3. The molecule has 0 spiro atoms. The van der Waals surface area contributed by atoms with Crippen molar-refractivity contribution in [3.05, 3.63) is 88.6 Å². The van der Waals surface area contributed by atoms with Crippen LogP contribution in [0.15, 0.2) is 71.8 Å². The highest BCUT2D eigenvalue weighted by atomic mass is 19.1. The number of fused-ring (bicyclic) bond motifs is 1. The number of halogens is 1. The molecule has 4 aromatic rings. The SMILES string of the molecule is O=C(O)Oc1cn(Cc2ccc(-c3ccc(NCCO)nc3)cc2)c2c(F)cccc2c1=O. The van der Waals surface area contributed by atoms with Crippen LogP contribution in [0.2, 0.25) is 0 Å². The van der Waals surface area contributed by atoms with Gasteiger partial charge in [0.05, 0.1) is 23.7 Å². The Bertz CT molecular complexity index is 1350. The van der Waals surface area contributed by atoms with Gasteiger partial charge < -0.3 is 24.8 Å². The summed E-state index contributed by atoms with van der Waals surface area (Å²) in [5, 5.41) is 20.8. The van der Waals surface area contributed by atoms with Crippen LogP contribution in [-0.2, 0) is 6.54 Å². The van der Waals surface area contributed by atoms with Crippen LogP contribution >= 0.6 is 0 Å². The second-order valence-corrected chi connectivity index (χ2v) is 7.23. The van der Waals surface area contributed by atoms with Crippen LogP contribution < -0.4 is 15.5 Å². The van der Waals surface area contributed by atoms with Crippen molar-refractivity contribution in [2.45, 2.75) is 6.54 Å². The van der Waals surface area contributed by atoms with E-state index in [0.717, 1.165) is 16.7 Å². The zero-order valence-corrected chi connectivity index (χ0v) is 17.4. The second-order valence-electron chi connectivity index (χ2n) is 7.23. The van der Waals surface area contributed by atoms with Gasteiger partial charge in [-0.25, -0.2) is 14.2 Å². The first-order chi connectivity index (χ1) is 16.0. The van der Waals surface area contributed by atoms with E-state index in [1.54, 1.807) is 6.20 Å². The maximum absolute atomic E-state index is 14.6. The molecule has 2 aromatic carbocycles. The Balaban J connectivity index is 1.64. The van der Waals surface area contributed by atoms with Crippen LogP contribution in [0, 0.1) is 5.82 Å². The lowest BCUT2D eigenvalue weighted by Crippen LogP contribution is -2.17. The number of para-hydroxylation sites is 1. The van der Waals surface area contributed by atoms with Gasteiger partial charge in [0, 0.05) is 24.8 Å². The molecule has 0 aliphatic rings. The van der Waals surface area contributed by atoms with Crippen molar-refractivity contribution in [2.75, 3.05) is 18.5 Å². The zero-order chi connectivity index (χ0) is 23.4. The molecule has 8 nitrogen and oxygen atoms in total. The van der Waals surface area contributed by atoms with Crippen LogP contribution in [0.1, 0.15) is 5.56 Å². The third kappa shape index (κ3) is 4.83. The Morgan fingerprint density at radius 1 is 1.09 bits per heavy atom. The molecule has 33 heavy (non-hydrogen) atoms. The van der Waals surface area contributed by atoms with E-state index in [-0.39, 0.29) is 24.1 Å². The van der Waals surface area contributed by atoms with Crippen molar-refractivity contribution < 1.29 is 24.1 Å². The van der Waals surface area contributed by atoms with Crippen molar-refractivity contribution in [1.29, 1.82) is 0 Å². The molecule has 9 heteroatoms. The van der Waals surface area contributed by atoms with Crippen molar-refractivity contribution in [2.24, 2.45) is 0 Å². The van der Waals surface area contributed by atoms with Gasteiger partial charge in [-0.2, -0.15) is 0 Å². The molecule has 168 valence electrons. The fraction of sp³-hybridized carbons (Fsp3) is 0.125. The molecule has 0 aliphatic heterocycles. The number of aromatic nitrogens is 2. The third-order valence-corrected chi connectivity index (χ3v) is 5.03. The Morgan fingerprint density at radius 2 is 1.85 bits per heavy atom. The van der Waals surface area contributed by atoms with E-state index in [1.165, 1.54) is 29.0 Å². The number of pyridine rings is 2. The highest BCUT2D eigenvalue weighted by Gasteiger charge is 2.16. The van der Waals surface area contributed by atoms with E-state index >= 15 is 0 Å². The Labute approximate surface area is 187 Å². The van der Waals surface area contributed by atoms with Gasteiger partial charge in [-0.15, -0.1) is 0 Å². The Kier molecular flexibility index (Phi) is 6.32. The minimum absolute atomic E-state index is 0.0174. The largest absolute Gasteiger partial charge is 0.511 e. The summed E-state index contributed by atoms with van der Waals surface area (Å²) in [4.78, 5) is 27.8. The average Bonchev–Trinajstić information content (AvgIpc) is 2.81. The van der Waals surface area contributed by atoms with Gasteiger partial charge in [0.25, 0.3) is 0 Å². The molecule has 4 rings (SSSR count). The molecule has 0 aliphatic carbocycles. The first-order valence-corrected chi connectivity index (χ1v) is 10.1. The smallest absolute Gasteiger partial charge is 0.449 e. The number of aliphatic hydroxyl groups is 1. The molecule has 0 atom stereocenters. The molecular weight excluding hydrogens is 429 g/mol. The highest BCUT2D eigenvalue weighted by molar-refractivity contribution is 5.81. The van der Waals surface area contributed by atoms with Gasteiger partial charge in [0.1, 0.15) is 11.6 Å². The summed E-state index contributed by atoms with van der Waals surface area (Å²) in [6.07, 6.45) is 1.30. The summed E-state index contributed by atoms with van der Waals surface area (Å²) in [6.45, 7) is 0.625. The van der Waals surface area contributed by atoms with Crippen molar-refractivity contribution >= 4 is 22.9 Å². The number of rotatable bonds is 7. The molecule has 2 aromatic heterocycles. The summed E-state index contributed by atoms with van der Waals surface area (Å²) >= 11 is 0. The first kappa shape index (κ1) is 22.0. The van der Waals surface area contributed by atoms with Crippen molar-refractivity contribution in [1.82, 2.24) is 9.55 Å². The van der Waals surface area contributed by atoms with Crippen LogP contribution in [0.3, 0.4) is 0 Å². The predicted molar refractivity (Wildman–Crippen MR) is 121 cm³/mol. The molecule has 3 N–H and O–H groups in total. The molecule has 0 unspecified atom stereocenters. The Hall–Kier alpha value is -4.24. The first-order valence-electron chi connectivity index (χ1n) is 10.1. The van der Waals surface area contributed by atoms with E-state index in [9.17, 15) is 14.0 Å². The summed E-state index contributed by atoms with van der Waals surface area (Å²) in [5.41, 5.74) is 2.00. The fourth-order valence-electron chi connectivity index (χ4n) is 3.53. The number of carbonyl (C=O) groups is 1. The van der Waals surface area contributed by atoms with Gasteiger partial charge in [-0.3, -0.25) is 4.79 Å². The molecule has 0 bridgehead atoms. The van der Waals surface area contributed by atoms with E-state index in [1.807, 2.05) is 36.4 Å². The standard InChI is InChI=1S/C24H20FN3O5/c25-19-3-1-2-18-22(19)28(14-20(23(18)30)33-24(31)32)13-15-4-6-16(7-5-15)17-8-9-21(27-12-17)26-10-11-29/h1-9,12,14,29H,10-11,13H2,(H,26,27)(H,31,32). The lowest BCUT2D eigenvalue weighted by Gasteiger charge is -2.14. The lowest BCUT2D eigenvalue weighted by molar-refractivity contribution is 0.144. The lowest BCUT2D eigenvalue weighted by atomic mass is 10.1. The number of ether oxygens (including phenoxy) is 1. The minimum Gasteiger partial charge on any atom is -0.449 e. The number of carboxylic acid groups (broad SMARTS) is 1. The van der Waals surface area contributed by atoms with Crippen LogP contribution in [0.5, 0.6) is 5.75 Å². The average molecular weight is 449 g/mol. The van der Waals surface area contributed by atoms with E-state index in [4.69, 9.17) is 10.2 Å². The quantitative estimate of drug-likeness (QED) is 0.369.